The van der Waals surface area contributed by atoms with E-state index in [9.17, 15) is 4.79 Å². The number of rotatable bonds is 0. The molecule has 3 nitrogen and oxygen atoms in total. The van der Waals surface area contributed by atoms with Crippen molar-refractivity contribution in [3.8, 4) is 0 Å². The summed E-state index contributed by atoms with van der Waals surface area (Å²) < 4.78 is 9.39. The normalized spacial score (nSPS) is 35.1. The molecule has 9 heavy (non-hydrogen) atoms. The summed E-state index contributed by atoms with van der Waals surface area (Å²) in [5, 5.41) is 0. The Morgan fingerprint density at radius 3 is 2.11 bits per heavy atom. The van der Waals surface area contributed by atoms with Gasteiger partial charge < -0.3 is 9.47 Å². The zero-order chi connectivity index (χ0) is 6.85. The van der Waals surface area contributed by atoms with Crippen molar-refractivity contribution in [2.45, 2.75) is 32.5 Å². The third kappa shape index (κ3) is 1.59. The molecule has 1 saturated heterocycles. The van der Waals surface area contributed by atoms with E-state index in [1.165, 1.54) is 0 Å². The molecule has 52 valence electrons. The van der Waals surface area contributed by atoms with E-state index in [0.717, 1.165) is 6.42 Å². The van der Waals surface area contributed by atoms with Crippen molar-refractivity contribution in [1.82, 2.24) is 0 Å². The lowest BCUT2D eigenvalue weighted by Crippen LogP contribution is -2.30. The van der Waals surface area contributed by atoms with Gasteiger partial charge in [0.2, 0.25) is 0 Å². The first-order chi connectivity index (χ1) is 4.18. The van der Waals surface area contributed by atoms with Crippen LogP contribution in [0.25, 0.3) is 0 Å². The number of hydrogen-bond acceptors (Lipinski definition) is 3. The second kappa shape index (κ2) is 2.25. The monoisotopic (exact) mass is 130 g/mol. The van der Waals surface area contributed by atoms with Crippen molar-refractivity contribution in [2.75, 3.05) is 0 Å². The van der Waals surface area contributed by atoms with Crippen LogP contribution in [0, 0.1) is 0 Å². The van der Waals surface area contributed by atoms with Crippen LogP contribution in [0.15, 0.2) is 0 Å². The maximum Gasteiger partial charge on any atom is 0.508 e. The number of cyclic esters (lactones) is 2. The zero-order valence-corrected chi connectivity index (χ0v) is 5.59. The predicted molar refractivity (Wildman–Crippen MR) is 31.1 cm³/mol. The second-order valence-electron chi connectivity index (χ2n) is 2.34. The third-order valence-electron chi connectivity index (χ3n) is 1.26. The van der Waals surface area contributed by atoms with E-state index < -0.39 is 6.16 Å². The molecule has 1 rings (SSSR count). The molecule has 0 amide bonds. The van der Waals surface area contributed by atoms with Gasteiger partial charge in [-0.1, -0.05) is 0 Å². The lowest BCUT2D eigenvalue weighted by Gasteiger charge is -2.23. The van der Waals surface area contributed by atoms with Gasteiger partial charge in [0.05, 0.1) is 0 Å². The van der Waals surface area contributed by atoms with Gasteiger partial charge >= 0.3 is 6.16 Å². The van der Waals surface area contributed by atoms with Gasteiger partial charge in [0.1, 0.15) is 12.2 Å². The standard InChI is InChI=1S/C6H10O3/c1-4-3-5(2)9-6(7)8-4/h4-5H,3H2,1-2H3/t4-,5-/m1/s1. The number of carbonyl (C=O) groups excluding carboxylic acids is 1. The molecule has 1 aliphatic heterocycles. The summed E-state index contributed by atoms with van der Waals surface area (Å²) in [6.07, 6.45) is 0.287. The Kier molecular flexibility index (Phi) is 1.60. The number of carbonyl (C=O) groups is 1. The molecule has 1 heterocycles. The van der Waals surface area contributed by atoms with Gasteiger partial charge in [0.25, 0.3) is 0 Å². The summed E-state index contributed by atoms with van der Waals surface area (Å²) in [6.45, 7) is 3.72. The van der Waals surface area contributed by atoms with E-state index in [-0.39, 0.29) is 12.2 Å². The van der Waals surface area contributed by atoms with Crippen molar-refractivity contribution < 1.29 is 14.3 Å². The summed E-state index contributed by atoms with van der Waals surface area (Å²) in [5.41, 5.74) is 0. The number of hydrogen-bond donors (Lipinski definition) is 0. The van der Waals surface area contributed by atoms with Crippen LogP contribution in [0.4, 0.5) is 4.79 Å². The van der Waals surface area contributed by atoms with Gasteiger partial charge in [-0.3, -0.25) is 0 Å². The minimum Gasteiger partial charge on any atom is -0.431 e. The molecule has 3 heteroatoms. The minimum absolute atomic E-state index is 0.0150. The molecule has 0 saturated carbocycles. The van der Waals surface area contributed by atoms with E-state index in [1.807, 2.05) is 13.8 Å². The molecule has 0 unspecified atom stereocenters. The molecule has 2 atom stereocenters. The SMILES string of the molecule is C[C@@H]1C[C@@H](C)OC(=O)O1. The van der Waals surface area contributed by atoms with Crippen LogP contribution in [-0.4, -0.2) is 18.4 Å². The highest BCUT2D eigenvalue weighted by Crippen LogP contribution is 2.13. The lowest BCUT2D eigenvalue weighted by atomic mass is 10.2. The molecule has 0 aromatic rings. The quantitative estimate of drug-likeness (QED) is 0.464. The van der Waals surface area contributed by atoms with E-state index in [4.69, 9.17) is 9.47 Å². The lowest BCUT2D eigenvalue weighted by molar-refractivity contribution is -0.0473. The van der Waals surface area contributed by atoms with E-state index in [1.54, 1.807) is 0 Å². The Labute approximate surface area is 53.9 Å². The van der Waals surface area contributed by atoms with Crippen molar-refractivity contribution in [2.24, 2.45) is 0 Å². The van der Waals surface area contributed by atoms with Gasteiger partial charge in [0, 0.05) is 6.42 Å². The second-order valence-corrected chi connectivity index (χ2v) is 2.34. The fourth-order valence-corrected chi connectivity index (χ4v) is 0.920. The minimum atomic E-state index is -0.541. The molecule has 0 N–H and O–H groups in total. The highest BCUT2D eigenvalue weighted by Gasteiger charge is 2.22. The van der Waals surface area contributed by atoms with Gasteiger partial charge in [0.15, 0.2) is 0 Å². The van der Waals surface area contributed by atoms with Crippen molar-refractivity contribution in [3.05, 3.63) is 0 Å². The molecule has 1 fully saturated rings. The van der Waals surface area contributed by atoms with Gasteiger partial charge in [-0.25, -0.2) is 4.79 Å². The third-order valence-corrected chi connectivity index (χ3v) is 1.26. The van der Waals surface area contributed by atoms with Crippen LogP contribution in [-0.2, 0) is 9.47 Å². The summed E-state index contributed by atoms with van der Waals surface area (Å²) in [6, 6.07) is 0. The molecule has 0 aromatic heterocycles. The fraction of sp³-hybridized carbons (Fsp3) is 0.833. The summed E-state index contributed by atoms with van der Waals surface area (Å²) in [4.78, 5) is 10.4. The van der Waals surface area contributed by atoms with E-state index in [2.05, 4.69) is 0 Å². The first-order valence-electron chi connectivity index (χ1n) is 3.05. The van der Waals surface area contributed by atoms with Gasteiger partial charge in [-0.15, -0.1) is 0 Å². The maximum atomic E-state index is 10.4. The predicted octanol–water partition coefficient (Wildman–Crippen LogP) is 1.32. The first-order valence-corrected chi connectivity index (χ1v) is 3.05. The van der Waals surface area contributed by atoms with Crippen LogP contribution in [0.1, 0.15) is 20.3 Å². The van der Waals surface area contributed by atoms with Crippen LogP contribution in [0.5, 0.6) is 0 Å². The average molecular weight is 130 g/mol. The van der Waals surface area contributed by atoms with Crippen LogP contribution < -0.4 is 0 Å². The average Bonchev–Trinajstić information content (AvgIpc) is 1.59. The molecular weight excluding hydrogens is 120 g/mol. The Bertz CT molecular complexity index is 109. The smallest absolute Gasteiger partial charge is 0.431 e. The summed E-state index contributed by atoms with van der Waals surface area (Å²) in [7, 11) is 0. The van der Waals surface area contributed by atoms with Crippen LogP contribution >= 0.6 is 0 Å². The molecule has 0 spiro atoms. The topological polar surface area (TPSA) is 35.5 Å². The van der Waals surface area contributed by atoms with Gasteiger partial charge in [-0.05, 0) is 13.8 Å². The largest absolute Gasteiger partial charge is 0.508 e. The zero-order valence-electron chi connectivity index (χ0n) is 5.59. The highest BCUT2D eigenvalue weighted by atomic mass is 16.7. The van der Waals surface area contributed by atoms with Crippen molar-refractivity contribution >= 4 is 6.16 Å². The first kappa shape index (κ1) is 6.39. The Morgan fingerprint density at radius 1 is 1.33 bits per heavy atom. The Morgan fingerprint density at radius 2 is 1.78 bits per heavy atom. The van der Waals surface area contributed by atoms with Crippen LogP contribution in [0.2, 0.25) is 0 Å². The van der Waals surface area contributed by atoms with Crippen LogP contribution in [0.3, 0.4) is 0 Å². The molecule has 1 aliphatic rings. The van der Waals surface area contributed by atoms with Crippen molar-refractivity contribution in [1.29, 1.82) is 0 Å². The Balaban J connectivity index is 2.43. The maximum absolute atomic E-state index is 10.4. The fourth-order valence-electron chi connectivity index (χ4n) is 0.920. The van der Waals surface area contributed by atoms with E-state index >= 15 is 0 Å². The molecular formula is C6H10O3. The molecule has 0 aliphatic carbocycles. The van der Waals surface area contributed by atoms with Gasteiger partial charge in [-0.2, -0.15) is 0 Å². The summed E-state index contributed by atoms with van der Waals surface area (Å²) >= 11 is 0. The molecule has 0 aromatic carbocycles. The van der Waals surface area contributed by atoms with Crippen molar-refractivity contribution in [3.63, 3.8) is 0 Å². The Hall–Kier alpha value is -0.730. The molecule has 0 radical (unpaired) electrons. The van der Waals surface area contributed by atoms with E-state index in [0.29, 0.717) is 0 Å². The summed E-state index contributed by atoms with van der Waals surface area (Å²) in [5.74, 6) is 0. The number of ether oxygens (including phenoxy) is 2. The highest BCUT2D eigenvalue weighted by molar-refractivity contribution is 5.61. The molecule has 0 bridgehead atoms.